The summed E-state index contributed by atoms with van der Waals surface area (Å²) in [7, 11) is 0. The number of hydrogen-bond acceptors (Lipinski definition) is 3. The molecular weight excluding hydrogens is 261 g/mol. The lowest BCUT2D eigenvalue weighted by molar-refractivity contribution is 0.0693. The van der Waals surface area contributed by atoms with Crippen molar-refractivity contribution in [3.63, 3.8) is 0 Å². The minimum Gasteiger partial charge on any atom is -0.476 e. The monoisotopic (exact) mass is 271 g/mol. The molecule has 3 rings (SSSR count). The van der Waals surface area contributed by atoms with E-state index in [1.807, 2.05) is 0 Å². The maximum atomic E-state index is 13.9. The van der Waals surface area contributed by atoms with Crippen LogP contribution in [0.2, 0.25) is 0 Å². The number of nitrogens with zero attached hydrogens (tertiary/aromatic N) is 2. The third kappa shape index (κ3) is 1.78. The van der Waals surface area contributed by atoms with Gasteiger partial charge in [-0.25, -0.2) is 14.2 Å². The molecule has 20 heavy (non-hydrogen) atoms. The van der Waals surface area contributed by atoms with Crippen molar-refractivity contribution < 1.29 is 14.3 Å². The van der Waals surface area contributed by atoms with Crippen molar-refractivity contribution >= 4 is 17.2 Å². The highest BCUT2D eigenvalue weighted by Gasteiger charge is 2.19. The number of fused-ring (bicyclic) bond motifs is 1. The number of halogens is 1. The number of carbonyl (C=O) groups is 1. The Bertz CT molecular complexity index is 826. The molecule has 0 aliphatic rings. The zero-order valence-corrected chi connectivity index (χ0v) is 10.2. The molecule has 5 nitrogen and oxygen atoms in total. The van der Waals surface area contributed by atoms with Crippen LogP contribution in [0.3, 0.4) is 0 Å². The predicted octanol–water partition coefficient (Wildman–Crippen LogP) is 2.42. The first kappa shape index (κ1) is 12.2. The van der Waals surface area contributed by atoms with Crippen LogP contribution in [-0.4, -0.2) is 20.5 Å². The molecule has 0 radical (unpaired) electrons. The van der Waals surface area contributed by atoms with Gasteiger partial charge in [0.15, 0.2) is 5.69 Å². The summed E-state index contributed by atoms with van der Waals surface area (Å²) < 4.78 is 15.4. The normalized spacial score (nSPS) is 10.8. The molecule has 0 spiro atoms. The number of hydrogen-bond donors (Lipinski definition) is 2. The first-order valence-electron chi connectivity index (χ1n) is 5.83. The molecule has 2 aromatic heterocycles. The van der Waals surface area contributed by atoms with Gasteiger partial charge < -0.3 is 10.8 Å². The van der Waals surface area contributed by atoms with Gasteiger partial charge in [0, 0.05) is 11.9 Å². The third-order valence-electron chi connectivity index (χ3n) is 2.98. The van der Waals surface area contributed by atoms with E-state index >= 15 is 0 Å². The van der Waals surface area contributed by atoms with E-state index in [0.29, 0.717) is 11.2 Å². The van der Waals surface area contributed by atoms with Gasteiger partial charge in [-0.2, -0.15) is 0 Å². The Labute approximate surface area is 113 Å². The van der Waals surface area contributed by atoms with Crippen LogP contribution in [0, 0.1) is 5.82 Å². The number of nitrogens with two attached hydrogens (primary N) is 1. The number of benzene rings is 1. The van der Waals surface area contributed by atoms with Crippen LogP contribution >= 0.6 is 0 Å². The van der Waals surface area contributed by atoms with Crippen LogP contribution in [0.1, 0.15) is 10.5 Å². The molecule has 6 heteroatoms. The average Bonchev–Trinajstić information content (AvgIpc) is 2.78. The summed E-state index contributed by atoms with van der Waals surface area (Å²) in [4.78, 5) is 15.3. The molecule has 0 amide bonds. The summed E-state index contributed by atoms with van der Waals surface area (Å²) in [5.41, 5.74) is 6.59. The Hall–Kier alpha value is -2.89. The maximum absolute atomic E-state index is 13.9. The summed E-state index contributed by atoms with van der Waals surface area (Å²) in [5.74, 6) is -1.43. The number of carboxylic acid groups (broad SMARTS) is 1. The van der Waals surface area contributed by atoms with Gasteiger partial charge in [0.05, 0.1) is 11.1 Å². The highest BCUT2D eigenvalue weighted by molar-refractivity contribution is 5.95. The maximum Gasteiger partial charge on any atom is 0.356 e. The second-order valence-electron chi connectivity index (χ2n) is 4.29. The van der Waals surface area contributed by atoms with Gasteiger partial charge in [-0.1, -0.05) is 12.1 Å². The standard InChI is InChI=1S/C14H10FN3O2/c15-10-4-2-1-3-9(10)13-17-12(14(19)20)11-6-5-8(16)7-18(11)13/h1-7H,16H2,(H,19,20). The number of aromatic nitrogens is 2. The quantitative estimate of drug-likeness (QED) is 0.750. The van der Waals surface area contributed by atoms with E-state index in [1.165, 1.54) is 16.7 Å². The highest BCUT2D eigenvalue weighted by atomic mass is 19.1. The molecule has 0 atom stereocenters. The van der Waals surface area contributed by atoms with Crippen LogP contribution in [0.15, 0.2) is 42.6 Å². The van der Waals surface area contributed by atoms with Crippen molar-refractivity contribution in [1.29, 1.82) is 0 Å². The van der Waals surface area contributed by atoms with Crippen molar-refractivity contribution in [2.45, 2.75) is 0 Å². The molecule has 0 aliphatic heterocycles. The number of rotatable bonds is 2. The van der Waals surface area contributed by atoms with E-state index in [9.17, 15) is 14.3 Å². The Morgan fingerprint density at radius 2 is 2.00 bits per heavy atom. The number of nitrogen functional groups attached to an aromatic ring is 1. The molecule has 1 aromatic carbocycles. The van der Waals surface area contributed by atoms with Crippen LogP contribution < -0.4 is 5.73 Å². The van der Waals surface area contributed by atoms with E-state index in [0.717, 1.165) is 0 Å². The van der Waals surface area contributed by atoms with Gasteiger partial charge in [0.2, 0.25) is 0 Å². The zero-order valence-electron chi connectivity index (χ0n) is 10.2. The lowest BCUT2D eigenvalue weighted by Gasteiger charge is -2.03. The molecule has 0 aliphatic carbocycles. The van der Waals surface area contributed by atoms with Crippen molar-refractivity contribution in [2.75, 3.05) is 5.73 Å². The Morgan fingerprint density at radius 3 is 2.70 bits per heavy atom. The number of anilines is 1. The lowest BCUT2D eigenvalue weighted by Crippen LogP contribution is -1.97. The SMILES string of the molecule is Nc1ccc2c(C(=O)O)nc(-c3ccccc3F)n2c1. The third-order valence-corrected chi connectivity index (χ3v) is 2.98. The zero-order chi connectivity index (χ0) is 14.3. The fourth-order valence-corrected chi connectivity index (χ4v) is 2.09. The van der Waals surface area contributed by atoms with Gasteiger partial charge in [0.1, 0.15) is 11.6 Å². The molecule has 100 valence electrons. The smallest absolute Gasteiger partial charge is 0.356 e. The summed E-state index contributed by atoms with van der Waals surface area (Å²) >= 11 is 0. The summed E-state index contributed by atoms with van der Waals surface area (Å²) in [6.07, 6.45) is 1.52. The first-order chi connectivity index (χ1) is 9.58. The van der Waals surface area contributed by atoms with Gasteiger partial charge in [-0.15, -0.1) is 0 Å². The summed E-state index contributed by atoms with van der Waals surface area (Å²) in [6, 6.07) is 9.18. The molecule has 3 aromatic rings. The molecular formula is C14H10FN3O2. The van der Waals surface area contributed by atoms with E-state index in [-0.39, 0.29) is 17.1 Å². The fraction of sp³-hybridized carbons (Fsp3) is 0. The Balaban J connectivity index is 2.39. The fourth-order valence-electron chi connectivity index (χ4n) is 2.09. The van der Waals surface area contributed by atoms with E-state index in [4.69, 9.17) is 5.73 Å². The Morgan fingerprint density at radius 1 is 1.25 bits per heavy atom. The van der Waals surface area contributed by atoms with Crippen molar-refractivity contribution in [1.82, 2.24) is 9.38 Å². The summed E-state index contributed by atoms with van der Waals surface area (Å²) in [6.45, 7) is 0. The van der Waals surface area contributed by atoms with E-state index < -0.39 is 11.8 Å². The molecule has 0 saturated heterocycles. The van der Waals surface area contributed by atoms with E-state index in [1.54, 1.807) is 30.3 Å². The van der Waals surface area contributed by atoms with Crippen LogP contribution in [-0.2, 0) is 0 Å². The average molecular weight is 271 g/mol. The number of pyridine rings is 1. The van der Waals surface area contributed by atoms with Crippen LogP contribution in [0.5, 0.6) is 0 Å². The van der Waals surface area contributed by atoms with Gasteiger partial charge in [-0.3, -0.25) is 4.40 Å². The number of carboxylic acids is 1. The molecule has 3 N–H and O–H groups in total. The minimum absolute atomic E-state index is 0.136. The van der Waals surface area contributed by atoms with Crippen molar-refractivity contribution in [2.24, 2.45) is 0 Å². The first-order valence-corrected chi connectivity index (χ1v) is 5.83. The number of imidazole rings is 1. The molecule has 0 unspecified atom stereocenters. The summed E-state index contributed by atoms with van der Waals surface area (Å²) in [5, 5.41) is 9.18. The van der Waals surface area contributed by atoms with Crippen molar-refractivity contribution in [3.05, 3.63) is 54.1 Å². The molecule has 2 heterocycles. The second-order valence-corrected chi connectivity index (χ2v) is 4.29. The topological polar surface area (TPSA) is 80.6 Å². The van der Waals surface area contributed by atoms with E-state index in [2.05, 4.69) is 4.98 Å². The van der Waals surface area contributed by atoms with Crippen LogP contribution in [0.4, 0.5) is 10.1 Å². The van der Waals surface area contributed by atoms with Gasteiger partial charge in [0.25, 0.3) is 0 Å². The predicted molar refractivity (Wildman–Crippen MR) is 72.0 cm³/mol. The second kappa shape index (κ2) is 4.34. The van der Waals surface area contributed by atoms with Gasteiger partial charge >= 0.3 is 5.97 Å². The lowest BCUT2D eigenvalue weighted by atomic mass is 10.2. The largest absolute Gasteiger partial charge is 0.476 e. The Kier molecular flexibility index (Phi) is 2.64. The molecule has 0 saturated carbocycles. The number of aromatic carboxylic acids is 1. The minimum atomic E-state index is -1.17. The van der Waals surface area contributed by atoms with Gasteiger partial charge in [-0.05, 0) is 24.3 Å². The van der Waals surface area contributed by atoms with Crippen LogP contribution in [0.25, 0.3) is 16.9 Å². The highest BCUT2D eigenvalue weighted by Crippen LogP contribution is 2.26. The molecule has 0 bridgehead atoms. The molecule has 0 fully saturated rings. The van der Waals surface area contributed by atoms with Crippen molar-refractivity contribution in [3.8, 4) is 11.4 Å².